The molecule has 0 saturated carbocycles. The van der Waals surface area contributed by atoms with Gasteiger partial charge >= 0.3 is 13.1 Å². The van der Waals surface area contributed by atoms with Gasteiger partial charge in [0.05, 0.1) is 17.6 Å². The van der Waals surface area contributed by atoms with Crippen LogP contribution in [0.3, 0.4) is 0 Å². The Balaban J connectivity index is 2.06. The van der Waals surface area contributed by atoms with Crippen LogP contribution in [0.5, 0.6) is 0 Å². The highest BCUT2D eigenvalue weighted by molar-refractivity contribution is 6.48. The fourth-order valence-electron chi connectivity index (χ4n) is 3.29. The van der Waals surface area contributed by atoms with E-state index in [0.29, 0.717) is 0 Å². The molecule has 0 bridgehead atoms. The molecule has 0 spiro atoms. The number of carbonyl (C=O) groups is 1. The normalized spacial score (nSPS) is 20.5. The summed E-state index contributed by atoms with van der Waals surface area (Å²) in [5.41, 5.74) is 2.06. The lowest BCUT2D eigenvalue weighted by Gasteiger charge is -2.32. The monoisotopic (exact) mass is 329 g/mol. The molecule has 0 radical (unpaired) electrons. The van der Waals surface area contributed by atoms with Crippen molar-refractivity contribution in [2.75, 3.05) is 0 Å². The van der Waals surface area contributed by atoms with Gasteiger partial charge in [-0.2, -0.15) is 0 Å². The molecular formula is C18H24BNO4. The molecule has 2 heterocycles. The number of rotatable bonds is 4. The molecule has 3 rings (SSSR count). The summed E-state index contributed by atoms with van der Waals surface area (Å²) in [7, 11) is -0.593. The highest BCUT2D eigenvalue weighted by Crippen LogP contribution is 2.43. The smallest absolute Gasteiger partial charge is 0.466 e. The second-order valence-electron chi connectivity index (χ2n) is 7.57. The molecule has 1 fully saturated rings. The van der Waals surface area contributed by atoms with Gasteiger partial charge in [0, 0.05) is 22.9 Å². The maximum atomic E-state index is 11.5. The third kappa shape index (κ3) is 2.74. The summed E-state index contributed by atoms with van der Waals surface area (Å²) in [5.74, 6) is -1.24. The summed E-state index contributed by atoms with van der Waals surface area (Å²) in [6.07, 6.45) is 1.84. The molecule has 1 unspecified atom stereocenters. The SMILES string of the molecule is Cc1cccc2[nH]cc(C(CC(=O)O)B3OC(C)(C)C(C)(C)O3)c12. The number of aliphatic carboxylic acids is 1. The van der Waals surface area contributed by atoms with E-state index in [9.17, 15) is 9.90 Å². The number of carboxylic acids is 1. The number of fused-ring (bicyclic) bond motifs is 1. The van der Waals surface area contributed by atoms with E-state index in [4.69, 9.17) is 9.31 Å². The number of hydrogen-bond acceptors (Lipinski definition) is 3. The first kappa shape index (κ1) is 17.1. The first-order valence-corrected chi connectivity index (χ1v) is 8.26. The molecule has 1 aliphatic rings. The van der Waals surface area contributed by atoms with Crippen molar-refractivity contribution in [1.82, 2.24) is 4.98 Å². The largest absolute Gasteiger partial charge is 0.481 e. The van der Waals surface area contributed by atoms with Crippen molar-refractivity contribution in [2.45, 2.75) is 58.1 Å². The molecule has 2 aromatic rings. The van der Waals surface area contributed by atoms with Gasteiger partial charge in [0.2, 0.25) is 0 Å². The topological polar surface area (TPSA) is 71.6 Å². The van der Waals surface area contributed by atoms with Crippen molar-refractivity contribution in [3.63, 3.8) is 0 Å². The predicted molar refractivity (Wildman–Crippen MR) is 94.1 cm³/mol. The third-order valence-electron chi connectivity index (χ3n) is 5.34. The van der Waals surface area contributed by atoms with Crippen molar-refractivity contribution in [2.24, 2.45) is 0 Å². The molecule has 1 aromatic heterocycles. The van der Waals surface area contributed by atoms with Crippen molar-refractivity contribution < 1.29 is 19.2 Å². The number of H-pyrrole nitrogens is 1. The summed E-state index contributed by atoms with van der Waals surface area (Å²) in [6, 6.07) is 6.01. The van der Waals surface area contributed by atoms with Gasteiger partial charge in [0.15, 0.2) is 0 Å². The van der Waals surface area contributed by atoms with Crippen LogP contribution in [0.4, 0.5) is 0 Å². The summed E-state index contributed by atoms with van der Waals surface area (Å²) in [5, 5.41) is 10.5. The molecule has 24 heavy (non-hydrogen) atoms. The molecule has 1 atom stereocenters. The van der Waals surface area contributed by atoms with E-state index in [0.717, 1.165) is 22.0 Å². The van der Waals surface area contributed by atoms with E-state index < -0.39 is 24.3 Å². The minimum absolute atomic E-state index is 0.0435. The van der Waals surface area contributed by atoms with E-state index in [-0.39, 0.29) is 12.2 Å². The van der Waals surface area contributed by atoms with Crippen molar-refractivity contribution in [3.8, 4) is 0 Å². The van der Waals surface area contributed by atoms with E-state index >= 15 is 0 Å². The fourth-order valence-corrected chi connectivity index (χ4v) is 3.29. The maximum absolute atomic E-state index is 11.5. The van der Waals surface area contributed by atoms with Gasteiger partial charge in [0.25, 0.3) is 0 Å². The lowest BCUT2D eigenvalue weighted by atomic mass is 9.66. The van der Waals surface area contributed by atoms with E-state index in [1.165, 1.54) is 0 Å². The molecule has 5 nitrogen and oxygen atoms in total. The fraction of sp³-hybridized carbons (Fsp3) is 0.500. The Hall–Kier alpha value is -1.79. The van der Waals surface area contributed by atoms with Gasteiger partial charge in [-0.25, -0.2) is 0 Å². The van der Waals surface area contributed by atoms with Crippen LogP contribution in [0, 0.1) is 6.92 Å². The number of nitrogens with one attached hydrogen (secondary N) is 1. The lowest BCUT2D eigenvalue weighted by Crippen LogP contribution is -2.41. The molecule has 1 aromatic carbocycles. The van der Waals surface area contributed by atoms with Crippen LogP contribution in [-0.2, 0) is 14.1 Å². The number of benzene rings is 1. The first-order chi connectivity index (χ1) is 11.1. The number of carboxylic acid groups (broad SMARTS) is 1. The number of aryl methyl sites for hydroxylation is 1. The second-order valence-corrected chi connectivity index (χ2v) is 7.57. The van der Waals surface area contributed by atoms with Gasteiger partial charge < -0.3 is 19.4 Å². The Morgan fingerprint density at radius 1 is 1.25 bits per heavy atom. The van der Waals surface area contributed by atoms with Crippen LogP contribution in [0.15, 0.2) is 24.4 Å². The summed E-state index contributed by atoms with van der Waals surface area (Å²) in [6.45, 7) is 9.94. The van der Waals surface area contributed by atoms with Crippen LogP contribution in [0.1, 0.15) is 51.1 Å². The molecule has 1 saturated heterocycles. The van der Waals surface area contributed by atoms with Crippen LogP contribution in [-0.4, -0.2) is 34.4 Å². The standard InChI is InChI=1S/C18H24BNO4/c1-11-7-6-8-14-16(11)12(10-20-14)13(9-15(21)22)19-23-17(2,3)18(4,5)24-19/h6-8,10,13,20H,9H2,1-5H3,(H,21,22). The van der Waals surface area contributed by atoms with E-state index in [2.05, 4.69) is 4.98 Å². The summed E-state index contributed by atoms with van der Waals surface area (Å²) >= 11 is 0. The van der Waals surface area contributed by atoms with Crippen molar-refractivity contribution in [1.29, 1.82) is 0 Å². The van der Waals surface area contributed by atoms with Gasteiger partial charge in [-0.05, 0) is 51.8 Å². The number of aromatic amines is 1. The minimum atomic E-state index is -0.863. The second kappa shape index (κ2) is 5.64. The molecule has 128 valence electrons. The van der Waals surface area contributed by atoms with Crippen LogP contribution in [0.25, 0.3) is 10.9 Å². The lowest BCUT2D eigenvalue weighted by molar-refractivity contribution is -0.137. The Bertz CT molecular complexity index is 764. The van der Waals surface area contributed by atoms with Gasteiger partial charge in [-0.1, -0.05) is 12.1 Å². The molecule has 2 N–H and O–H groups in total. The zero-order valence-corrected chi connectivity index (χ0v) is 14.8. The van der Waals surface area contributed by atoms with E-state index in [1.807, 2.05) is 59.0 Å². The van der Waals surface area contributed by atoms with Crippen LogP contribution < -0.4 is 0 Å². The Labute approximate surface area is 142 Å². The summed E-state index contributed by atoms with van der Waals surface area (Å²) < 4.78 is 12.3. The van der Waals surface area contributed by atoms with Gasteiger partial charge in [-0.3, -0.25) is 4.79 Å². The molecule has 1 aliphatic heterocycles. The van der Waals surface area contributed by atoms with E-state index in [1.54, 1.807) is 0 Å². The average molecular weight is 329 g/mol. The zero-order valence-electron chi connectivity index (χ0n) is 14.8. The Morgan fingerprint density at radius 2 is 1.88 bits per heavy atom. The molecule has 0 amide bonds. The first-order valence-electron chi connectivity index (χ1n) is 8.26. The molecular weight excluding hydrogens is 305 g/mol. The van der Waals surface area contributed by atoms with Crippen LogP contribution >= 0.6 is 0 Å². The van der Waals surface area contributed by atoms with Gasteiger partial charge in [0.1, 0.15) is 0 Å². The van der Waals surface area contributed by atoms with Crippen molar-refractivity contribution >= 4 is 24.0 Å². The zero-order chi connectivity index (χ0) is 17.7. The molecule has 0 aliphatic carbocycles. The molecule has 6 heteroatoms. The average Bonchev–Trinajstić information content (AvgIpc) is 2.96. The van der Waals surface area contributed by atoms with Crippen LogP contribution in [0.2, 0.25) is 0 Å². The Kier molecular flexibility index (Phi) is 4.01. The quantitative estimate of drug-likeness (QED) is 0.840. The number of aromatic nitrogens is 1. The predicted octanol–water partition coefficient (Wildman–Crippen LogP) is 3.67. The maximum Gasteiger partial charge on any atom is 0.466 e. The number of hydrogen-bond donors (Lipinski definition) is 2. The highest BCUT2D eigenvalue weighted by atomic mass is 16.7. The Morgan fingerprint density at radius 3 is 2.46 bits per heavy atom. The highest BCUT2D eigenvalue weighted by Gasteiger charge is 2.54. The van der Waals surface area contributed by atoms with Crippen molar-refractivity contribution in [3.05, 3.63) is 35.5 Å². The van der Waals surface area contributed by atoms with Gasteiger partial charge in [-0.15, -0.1) is 0 Å². The summed E-state index contributed by atoms with van der Waals surface area (Å²) in [4.78, 5) is 14.7. The minimum Gasteiger partial charge on any atom is -0.481 e. The third-order valence-corrected chi connectivity index (χ3v) is 5.34.